The lowest BCUT2D eigenvalue weighted by Gasteiger charge is -2.21. The summed E-state index contributed by atoms with van der Waals surface area (Å²) in [4.78, 5) is 14.7. The number of likely N-dealkylation sites (N-methyl/N-ethyl adjacent to an activating group) is 1. The molecular formula is C24H26N4O3. The highest BCUT2D eigenvalue weighted by atomic mass is 16.5. The number of aromatic amines is 1. The molecule has 1 aliphatic rings. The summed E-state index contributed by atoms with van der Waals surface area (Å²) < 4.78 is 11.1. The molecule has 0 saturated heterocycles. The normalized spacial score (nSPS) is 15.5. The Morgan fingerprint density at radius 3 is 2.52 bits per heavy atom. The number of benzene rings is 2. The van der Waals surface area contributed by atoms with Crippen molar-refractivity contribution in [1.29, 1.82) is 0 Å². The third kappa shape index (κ3) is 4.12. The summed E-state index contributed by atoms with van der Waals surface area (Å²) in [6, 6.07) is 12.0. The highest BCUT2D eigenvalue weighted by Crippen LogP contribution is 2.38. The summed E-state index contributed by atoms with van der Waals surface area (Å²) in [7, 11) is 5.38. The molecule has 2 N–H and O–H groups in total. The fraction of sp³-hybridized carbons (Fsp3) is 0.250. The van der Waals surface area contributed by atoms with Crippen molar-refractivity contribution >= 4 is 17.2 Å². The number of methoxy groups -OCH3 is 2. The Labute approximate surface area is 181 Å². The van der Waals surface area contributed by atoms with Crippen molar-refractivity contribution < 1.29 is 14.3 Å². The Morgan fingerprint density at radius 2 is 1.87 bits per heavy atom. The fourth-order valence-corrected chi connectivity index (χ4v) is 3.76. The summed E-state index contributed by atoms with van der Waals surface area (Å²) >= 11 is 0. The number of ether oxygens (including phenoxy) is 2. The maximum Gasteiger partial charge on any atom is 0.255 e. The summed E-state index contributed by atoms with van der Waals surface area (Å²) in [6.45, 7) is 2.20. The van der Waals surface area contributed by atoms with Gasteiger partial charge in [0.2, 0.25) is 0 Å². The van der Waals surface area contributed by atoms with E-state index in [0.717, 1.165) is 28.9 Å². The summed E-state index contributed by atoms with van der Waals surface area (Å²) in [6.07, 6.45) is 6.25. The summed E-state index contributed by atoms with van der Waals surface area (Å²) in [5, 5.41) is 9.34. The molecule has 3 aromatic rings. The quantitative estimate of drug-likeness (QED) is 0.656. The molecule has 160 valence electrons. The van der Waals surface area contributed by atoms with Crippen LogP contribution in [-0.2, 0) is 6.42 Å². The molecule has 2 aromatic carbocycles. The highest BCUT2D eigenvalue weighted by molar-refractivity contribution is 6.04. The topological polar surface area (TPSA) is 79.5 Å². The van der Waals surface area contributed by atoms with Crippen molar-refractivity contribution in [3.05, 3.63) is 77.2 Å². The average Bonchev–Trinajstić information content (AvgIpc) is 3.26. The number of carbonyl (C=O) groups is 1. The third-order valence-electron chi connectivity index (χ3n) is 5.66. The lowest BCUT2D eigenvalue weighted by Crippen LogP contribution is -2.24. The standard InChI is InChI=1S/C24H26N4O3/c1-15-9-18-10-22(30-3)23(31-4)11-20(18)21(14-28(15)2)16-5-7-17(8-6-16)24(29)27-19-12-25-26-13-19/h5-8,10-15H,9H2,1-4H3,(H,25,26)(H,27,29). The van der Waals surface area contributed by atoms with E-state index >= 15 is 0 Å². The summed E-state index contributed by atoms with van der Waals surface area (Å²) in [5.41, 5.74) is 5.60. The van der Waals surface area contributed by atoms with Crippen molar-refractivity contribution in [1.82, 2.24) is 15.1 Å². The molecule has 0 spiro atoms. The minimum Gasteiger partial charge on any atom is -0.493 e. The minimum absolute atomic E-state index is 0.180. The molecule has 0 radical (unpaired) electrons. The molecule has 2 heterocycles. The number of hydrogen-bond donors (Lipinski definition) is 2. The predicted molar refractivity (Wildman–Crippen MR) is 121 cm³/mol. The number of H-pyrrole nitrogens is 1. The number of nitrogens with one attached hydrogen (secondary N) is 2. The number of rotatable bonds is 5. The lowest BCUT2D eigenvalue weighted by atomic mass is 9.92. The van der Waals surface area contributed by atoms with Crippen LogP contribution in [0.15, 0.2) is 55.0 Å². The number of hydrogen-bond acceptors (Lipinski definition) is 5. The number of carbonyl (C=O) groups excluding carboxylic acids is 1. The van der Waals surface area contributed by atoms with Crippen LogP contribution in [0.2, 0.25) is 0 Å². The maximum atomic E-state index is 12.5. The van der Waals surface area contributed by atoms with Gasteiger partial charge in [-0.3, -0.25) is 9.89 Å². The number of fused-ring (bicyclic) bond motifs is 1. The van der Waals surface area contributed by atoms with Crippen LogP contribution in [0.4, 0.5) is 5.69 Å². The fourth-order valence-electron chi connectivity index (χ4n) is 3.76. The molecule has 1 atom stereocenters. The van der Waals surface area contributed by atoms with E-state index in [-0.39, 0.29) is 5.91 Å². The van der Waals surface area contributed by atoms with E-state index in [9.17, 15) is 4.79 Å². The second-order valence-electron chi connectivity index (χ2n) is 7.64. The Balaban J connectivity index is 1.71. The molecule has 0 saturated carbocycles. The second-order valence-corrected chi connectivity index (χ2v) is 7.64. The van der Waals surface area contributed by atoms with Gasteiger partial charge in [0.15, 0.2) is 11.5 Å². The second kappa shape index (κ2) is 8.55. The predicted octanol–water partition coefficient (Wildman–Crippen LogP) is 3.94. The maximum absolute atomic E-state index is 12.5. The Morgan fingerprint density at radius 1 is 1.16 bits per heavy atom. The molecule has 7 heteroatoms. The van der Waals surface area contributed by atoms with Gasteiger partial charge in [0.1, 0.15) is 0 Å². The molecule has 1 unspecified atom stereocenters. The first-order valence-corrected chi connectivity index (χ1v) is 10.1. The molecule has 1 aliphatic heterocycles. The first kappa shape index (κ1) is 20.5. The number of aromatic nitrogens is 2. The average molecular weight is 418 g/mol. The largest absolute Gasteiger partial charge is 0.493 e. The van der Waals surface area contributed by atoms with Crippen LogP contribution in [-0.4, -0.2) is 48.3 Å². The van der Waals surface area contributed by atoms with E-state index in [0.29, 0.717) is 23.0 Å². The van der Waals surface area contributed by atoms with Crippen LogP contribution in [0, 0.1) is 0 Å². The SMILES string of the molecule is COc1cc2c(cc1OC)C(c1ccc(C(=O)Nc3cn[nH]c3)cc1)=CN(C)C(C)C2. The smallest absolute Gasteiger partial charge is 0.255 e. The van der Waals surface area contributed by atoms with E-state index in [1.807, 2.05) is 30.3 Å². The molecule has 7 nitrogen and oxygen atoms in total. The zero-order valence-electron chi connectivity index (χ0n) is 18.1. The molecule has 4 rings (SSSR count). The molecule has 0 aliphatic carbocycles. The Kier molecular flexibility index (Phi) is 5.66. The summed E-state index contributed by atoms with van der Waals surface area (Å²) in [5.74, 6) is 1.24. The van der Waals surface area contributed by atoms with Gasteiger partial charge in [0.05, 0.1) is 26.1 Å². The van der Waals surface area contributed by atoms with Gasteiger partial charge < -0.3 is 19.7 Å². The van der Waals surface area contributed by atoms with Crippen molar-refractivity contribution in [3.8, 4) is 11.5 Å². The van der Waals surface area contributed by atoms with Crippen molar-refractivity contribution in [3.63, 3.8) is 0 Å². The van der Waals surface area contributed by atoms with Crippen LogP contribution < -0.4 is 14.8 Å². The van der Waals surface area contributed by atoms with Crippen LogP contribution in [0.1, 0.15) is 34.0 Å². The van der Waals surface area contributed by atoms with Gasteiger partial charge in [-0.15, -0.1) is 0 Å². The van der Waals surface area contributed by atoms with Gasteiger partial charge in [0.25, 0.3) is 5.91 Å². The van der Waals surface area contributed by atoms with Crippen LogP contribution in [0.5, 0.6) is 11.5 Å². The molecule has 1 aromatic heterocycles. The van der Waals surface area contributed by atoms with E-state index in [1.165, 1.54) is 5.56 Å². The highest BCUT2D eigenvalue weighted by Gasteiger charge is 2.22. The molecule has 0 bridgehead atoms. The monoisotopic (exact) mass is 418 g/mol. The molecule has 0 fully saturated rings. The van der Waals surface area contributed by atoms with E-state index in [2.05, 4.69) is 46.7 Å². The zero-order valence-corrected chi connectivity index (χ0v) is 18.1. The van der Waals surface area contributed by atoms with Crippen molar-refractivity contribution in [2.75, 3.05) is 26.6 Å². The molecule has 31 heavy (non-hydrogen) atoms. The third-order valence-corrected chi connectivity index (χ3v) is 5.66. The first-order chi connectivity index (χ1) is 15.0. The van der Waals surface area contributed by atoms with Gasteiger partial charge in [-0.25, -0.2) is 0 Å². The van der Waals surface area contributed by atoms with E-state index < -0.39 is 0 Å². The van der Waals surface area contributed by atoms with Gasteiger partial charge in [-0.1, -0.05) is 12.1 Å². The Bertz CT molecular complexity index is 1100. The van der Waals surface area contributed by atoms with Crippen molar-refractivity contribution in [2.24, 2.45) is 0 Å². The molecule has 1 amide bonds. The number of nitrogens with zero attached hydrogens (tertiary/aromatic N) is 2. The van der Waals surface area contributed by atoms with Crippen LogP contribution >= 0.6 is 0 Å². The number of amides is 1. The van der Waals surface area contributed by atoms with Crippen LogP contribution in [0.3, 0.4) is 0 Å². The number of anilines is 1. The van der Waals surface area contributed by atoms with Crippen molar-refractivity contribution in [2.45, 2.75) is 19.4 Å². The Hall–Kier alpha value is -3.74. The first-order valence-electron chi connectivity index (χ1n) is 10.1. The molecular weight excluding hydrogens is 392 g/mol. The van der Waals surface area contributed by atoms with E-state index in [4.69, 9.17) is 9.47 Å². The van der Waals surface area contributed by atoms with Crippen LogP contribution in [0.25, 0.3) is 5.57 Å². The zero-order chi connectivity index (χ0) is 22.0. The van der Waals surface area contributed by atoms with Gasteiger partial charge in [0, 0.05) is 36.6 Å². The van der Waals surface area contributed by atoms with Gasteiger partial charge >= 0.3 is 0 Å². The van der Waals surface area contributed by atoms with E-state index in [1.54, 1.807) is 26.6 Å². The van der Waals surface area contributed by atoms with Gasteiger partial charge in [-0.2, -0.15) is 5.10 Å². The minimum atomic E-state index is -0.180. The lowest BCUT2D eigenvalue weighted by molar-refractivity contribution is 0.102. The van der Waals surface area contributed by atoms with Gasteiger partial charge in [-0.05, 0) is 54.3 Å².